The van der Waals surface area contributed by atoms with Crippen LogP contribution in [0.15, 0.2) is 12.4 Å². The van der Waals surface area contributed by atoms with Crippen LogP contribution in [0, 0.1) is 5.92 Å². The smallest absolute Gasteiger partial charge is 0.216 e. The molecule has 0 aromatic carbocycles. The van der Waals surface area contributed by atoms with Crippen LogP contribution in [-0.2, 0) is 0 Å². The van der Waals surface area contributed by atoms with Crippen LogP contribution in [0.2, 0.25) is 0 Å². The largest absolute Gasteiger partial charge is 0.481 e. The second kappa shape index (κ2) is 6.43. The summed E-state index contributed by atoms with van der Waals surface area (Å²) < 4.78 is 5.11. The Balaban J connectivity index is 2.82. The molecule has 0 aliphatic heterocycles. The van der Waals surface area contributed by atoms with Gasteiger partial charge in [-0.05, 0) is 18.9 Å². The third-order valence-corrected chi connectivity index (χ3v) is 2.39. The van der Waals surface area contributed by atoms with E-state index in [4.69, 9.17) is 4.74 Å². The minimum Gasteiger partial charge on any atom is -0.481 e. The molecule has 0 saturated heterocycles. The van der Waals surface area contributed by atoms with Crippen LogP contribution in [0.5, 0.6) is 5.88 Å². The quantitative estimate of drug-likeness (QED) is 0.803. The average molecular weight is 223 g/mol. The molecular weight excluding hydrogens is 202 g/mol. The maximum Gasteiger partial charge on any atom is 0.216 e. The summed E-state index contributed by atoms with van der Waals surface area (Å²) in [5.74, 6) is 1.25. The van der Waals surface area contributed by atoms with Crippen molar-refractivity contribution in [3.8, 4) is 5.88 Å². The van der Waals surface area contributed by atoms with Crippen LogP contribution in [0.1, 0.15) is 38.9 Å². The molecule has 1 atom stereocenters. The standard InChI is InChI=1S/C12H21N3O/c1-5-13-10(6-9(2)3)11-7-12(16-4)15-8-14-11/h7-10,13H,5-6H2,1-4H3. The van der Waals surface area contributed by atoms with Gasteiger partial charge in [0.15, 0.2) is 0 Å². The van der Waals surface area contributed by atoms with Gasteiger partial charge in [0, 0.05) is 12.1 Å². The van der Waals surface area contributed by atoms with Crippen LogP contribution >= 0.6 is 0 Å². The van der Waals surface area contributed by atoms with E-state index in [1.165, 1.54) is 0 Å². The van der Waals surface area contributed by atoms with Gasteiger partial charge in [-0.25, -0.2) is 9.97 Å². The Kier molecular flexibility index (Phi) is 5.19. The summed E-state index contributed by atoms with van der Waals surface area (Å²) in [5, 5.41) is 3.44. The van der Waals surface area contributed by atoms with Crippen molar-refractivity contribution in [2.24, 2.45) is 5.92 Å². The Morgan fingerprint density at radius 3 is 2.69 bits per heavy atom. The van der Waals surface area contributed by atoms with Crippen molar-refractivity contribution in [2.75, 3.05) is 13.7 Å². The summed E-state index contributed by atoms with van der Waals surface area (Å²) in [6.07, 6.45) is 2.62. The highest BCUT2D eigenvalue weighted by molar-refractivity contribution is 5.16. The average Bonchev–Trinajstić information content (AvgIpc) is 2.28. The fourth-order valence-corrected chi connectivity index (χ4v) is 1.68. The van der Waals surface area contributed by atoms with Gasteiger partial charge in [0.25, 0.3) is 0 Å². The van der Waals surface area contributed by atoms with Gasteiger partial charge < -0.3 is 10.1 Å². The molecular formula is C12H21N3O. The molecule has 16 heavy (non-hydrogen) atoms. The summed E-state index contributed by atoms with van der Waals surface area (Å²) in [4.78, 5) is 8.32. The van der Waals surface area contributed by atoms with Crippen LogP contribution in [0.4, 0.5) is 0 Å². The summed E-state index contributed by atoms with van der Waals surface area (Å²) in [7, 11) is 1.62. The molecule has 0 spiro atoms. The zero-order chi connectivity index (χ0) is 12.0. The van der Waals surface area contributed by atoms with Gasteiger partial charge in [0.2, 0.25) is 5.88 Å². The summed E-state index contributed by atoms with van der Waals surface area (Å²) >= 11 is 0. The number of hydrogen-bond donors (Lipinski definition) is 1. The molecule has 0 saturated carbocycles. The molecule has 1 aromatic heterocycles. The van der Waals surface area contributed by atoms with Gasteiger partial charge >= 0.3 is 0 Å². The fraction of sp³-hybridized carbons (Fsp3) is 0.667. The van der Waals surface area contributed by atoms with Crippen molar-refractivity contribution in [1.82, 2.24) is 15.3 Å². The van der Waals surface area contributed by atoms with E-state index in [1.54, 1.807) is 13.4 Å². The summed E-state index contributed by atoms with van der Waals surface area (Å²) in [6, 6.07) is 2.18. The second-order valence-corrected chi connectivity index (χ2v) is 4.23. The van der Waals surface area contributed by atoms with E-state index in [2.05, 4.69) is 36.1 Å². The van der Waals surface area contributed by atoms with Crippen molar-refractivity contribution in [3.63, 3.8) is 0 Å². The van der Waals surface area contributed by atoms with E-state index in [0.717, 1.165) is 18.7 Å². The monoisotopic (exact) mass is 223 g/mol. The molecule has 0 radical (unpaired) electrons. The van der Waals surface area contributed by atoms with Crippen LogP contribution in [0.25, 0.3) is 0 Å². The molecule has 0 fully saturated rings. The predicted octanol–water partition coefficient (Wildman–Crippen LogP) is 2.18. The first kappa shape index (κ1) is 12.9. The molecule has 4 heteroatoms. The Labute approximate surface area is 97.5 Å². The van der Waals surface area contributed by atoms with Crippen LogP contribution < -0.4 is 10.1 Å². The number of aromatic nitrogens is 2. The minimum atomic E-state index is 0.280. The maximum atomic E-state index is 5.11. The fourth-order valence-electron chi connectivity index (χ4n) is 1.68. The van der Waals surface area contributed by atoms with Gasteiger partial charge in [-0.1, -0.05) is 20.8 Å². The maximum absolute atomic E-state index is 5.11. The lowest BCUT2D eigenvalue weighted by atomic mass is 10.0. The number of methoxy groups -OCH3 is 1. The first-order valence-corrected chi connectivity index (χ1v) is 5.76. The highest BCUT2D eigenvalue weighted by atomic mass is 16.5. The lowest BCUT2D eigenvalue weighted by Crippen LogP contribution is -2.23. The number of rotatable bonds is 6. The number of ether oxygens (including phenoxy) is 1. The topological polar surface area (TPSA) is 47.0 Å². The second-order valence-electron chi connectivity index (χ2n) is 4.23. The summed E-state index contributed by atoms with van der Waals surface area (Å²) in [5.41, 5.74) is 1.00. The van der Waals surface area contributed by atoms with E-state index in [1.807, 2.05) is 6.07 Å². The van der Waals surface area contributed by atoms with Crippen molar-refractivity contribution in [3.05, 3.63) is 18.1 Å². The van der Waals surface area contributed by atoms with Gasteiger partial charge in [-0.3, -0.25) is 0 Å². The zero-order valence-electron chi connectivity index (χ0n) is 10.5. The SMILES string of the molecule is CCNC(CC(C)C)c1cc(OC)ncn1. The third-order valence-electron chi connectivity index (χ3n) is 2.39. The Morgan fingerprint density at radius 1 is 1.38 bits per heavy atom. The predicted molar refractivity (Wildman–Crippen MR) is 64.5 cm³/mol. The van der Waals surface area contributed by atoms with Gasteiger partial charge in [-0.2, -0.15) is 0 Å². The molecule has 1 heterocycles. The molecule has 0 bridgehead atoms. The Hall–Kier alpha value is -1.16. The molecule has 1 aromatic rings. The Bertz CT molecular complexity index is 315. The molecule has 1 unspecified atom stereocenters. The van der Waals surface area contributed by atoms with Gasteiger partial charge in [0.05, 0.1) is 12.8 Å². The van der Waals surface area contributed by atoms with E-state index < -0.39 is 0 Å². The van der Waals surface area contributed by atoms with Gasteiger partial charge in [-0.15, -0.1) is 0 Å². The summed E-state index contributed by atoms with van der Waals surface area (Å²) in [6.45, 7) is 7.46. The highest BCUT2D eigenvalue weighted by Gasteiger charge is 2.14. The normalized spacial score (nSPS) is 12.8. The van der Waals surface area contributed by atoms with Crippen molar-refractivity contribution in [2.45, 2.75) is 33.2 Å². The van der Waals surface area contributed by atoms with Crippen molar-refractivity contribution >= 4 is 0 Å². The Morgan fingerprint density at radius 2 is 2.12 bits per heavy atom. The van der Waals surface area contributed by atoms with E-state index in [-0.39, 0.29) is 6.04 Å². The third kappa shape index (κ3) is 3.77. The van der Waals surface area contributed by atoms with E-state index in [0.29, 0.717) is 11.8 Å². The number of nitrogens with one attached hydrogen (secondary N) is 1. The molecule has 90 valence electrons. The lowest BCUT2D eigenvalue weighted by molar-refractivity contribution is 0.389. The van der Waals surface area contributed by atoms with Crippen molar-refractivity contribution in [1.29, 1.82) is 0 Å². The first-order valence-electron chi connectivity index (χ1n) is 5.76. The minimum absolute atomic E-state index is 0.280. The van der Waals surface area contributed by atoms with Crippen LogP contribution in [0.3, 0.4) is 0 Å². The lowest BCUT2D eigenvalue weighted by Gasteiger charge is -2.19. The molecule has 1 rings (SSSR count). The molecule has 4 nitrogen and oxygen atoms in total. The molecule has 1 N–H and O–H groups in total. The first-order chi connectivity index (χ1) is 7.67. The zero-order valence-corrected chi connectivity index (χ0v) is 10.5. The van der Waals surface area contributed by atoms with E-state index in [9.17, 15) is 0 Å². The highest BCUT2D eigenvalue weighted by Crippen LogP contribution is 2.21. The molecule has 0 aliphatic rings. The van der Waals surface area contributed by atoms with Gasteiger partial charge in [0.1, 0.15) is 6.33 Å². The van der Waals surface area contributed by atoms with E-state index >= 15 is 0 Å². The molecule has 0 aliphatic carbocycles. The number of hydrogen-bond acceptors (Lipinski definition) is 4. The van der Waals surface area contributed by atoms with Crippen LogP contribution in [-0.4, -0.2) is 23.6 Å². The molecule has 0 amide bonds. The van der Waals surface area contributed by atoms with Crippen molar-refractivity contribution < 1.29 is 4.74 Å². The number of nitrogens with zero attached hydrogens (tertiary/aromatic N) is 2.